The van der Waals surface area contributed by atoms with Crippen molar-refractivity contribution in [3.05, 3.63) is 23.5 Å². The van der Waals surface area contributed by atoms with Crippen molar-refractivity contribution in [2.45, 2.75) is 26.3 Å². The van der Waals surface area contributed by atoms with Crippen LogP contribution in [0.25, 0.3) is 0 Å². The average molecular weight is 237 g/mol. The number of nitrogens with one attached hydrogen (secondary N) is 1. The molecule has 0 saturated heterocycles. The Bertz CT molecular complexity index is 447. The molecule has 0 atom stereocenters. The lowest BCUT2D eigenvalue weighted by molar-refractivity contribution is 0.0907. The minimum Gasteiger partial charge on any atom is -0.346 e. The molecule has 0 bridgehead atoms. The van der Waals surface area contributed by atoms with Gasteiger partial charge in [0, 0.05) is 30.9 Å². The molecule has 0 aliphatic rings. The monoisotopic (exact) mass is 237 g/mol. The summed E-state index contributed by atoms with van der Waals surface area (Å²) in [4.78, 5) is 23.2. The molecule has 1 aromatic rings. The smallest absolute Gasteiger partial charge is 0.268 e. The summed E-state index contributed by atoms with van der Waals surface area (Å²) >= 11 is 0. The molecule has 94 valence electrons. The molecule has 0 aromatic carbocycles. The molecule has 3 N–H and O–H groups in total. The van der Waals surface area contributed by atoms with E-state index in [4.69, 9.17) is 5.73 Å². The van der Waals surface area contributed by atoms with Gasteiger partial charge in [-0.05, 0) is 26.8 Å². The highest BCUT2D eigenvalue weighted by molar-refractivity contribution is 5.99. The van der Waals surface area contributed by atoms with Crippen molar-refractivity contribution in [3.8, 4) is 0 Å². The van der Waals surface area contributed by atoms with Gasteiger partial charge in [0.2, 0.25) is 0 Å². The Morgan fingerprint density at radius 1 is 1.47 bits per heavy atom. The minimum absolute atomic E-state index is 0.0577. The van der Waals surface area contributed by atoms with Gasteiger partial charge in [-0.25, -0.2) is 0 Å². The summed E-state index contributed by atoms with van der Waals surface area (Å²) in [6, 6.07) is 1.59. The van der Waals surface area contributed by atoms with Crippen molar-refractivity contribution in [2.24, 2.45) is 12.8 Å². The standard InChI is InChI=1S/C12H19N3O2/c1-8(16)9-5-10(15(4)6-9)11(17)14-12(2,3)7-13/h5-6H,7,13H2,1-4H3,(H,14,17). The second kappa shape index (κ2) is 4.71. The van der Waals surface area contributed by atoms with Crippen LogP contribution < -0.4 is 11.1 Å². The molecular weight excluding hydrogens is 218 g/mol. The molecule has 0 aliphatic heterocycles. The SMILES string of the molecule is CC(=O)c1cc(C(=O)NC(C)(C)CN)n(C)c1. The Balaban J connectivity index is 2.93. The topological polar surface area (TPSA) is 77.1 Å². The first-order chi connectivity index (χ1) is 7.76. The molecule has 1 amide bonds. The van der Waals surface area contributed by atoms with Crippen LogP contribution in [0.3, 0.4) is 0 Å². The fourth-order valence-electron chi connectivity index (χ4n) is 1.41. The maximum absolute atomic E-state index is 12.0. The van der Waals surface area contributed by atoms with Crippen molar-refractivity contribution in [1.29, 1.82) is 0 Å². The highest BCUT2D eigenvalue weighted by Crippen LogP contribution is 2.10. The lowest BCUT2D eigenvalue weighted by Crippen LogP contribution is -2.49. The molecule has 5 heteroatoms. The minimum atomic E-state index is -0.461. The molecule has 1 heterocycles. The second-order valence-corrected chi connectivity index (χ2v) is 4.82. The summed E-state index contributed by atoms with van der Waals surface area (Å²) in [5, 5.41) is 2.82. The highest BCUT2D eigenvalue weighted by Gasteiger charge is 2.21. The molecule has 1 aromatic heterocycles. The highest BCUT2D eigenvalue weighted by atomic mass is 16.2. The van der Waals surface area contributed by atoms with Crippen LogP contribution >= 0.6 is 0 Å². The van der Waals surface area contributed by atoms with Gasteiger partial charge in [-0.3, -0.25) is 9.59 Å². The average Bonchev–Trinajstić information content (AvgIpc) is 2.60. The number of hydrogen-bond donors (Lipinski definition) is 2. The zero-order valence-electron chi connectivity index (χ0n) is 10.7. The lowest BCUT2D eigenvalue weighted by Gasteiger charge is -2.24. The van der Waals surface area contributed by atoms with Crippen LogP contribution in [0.2, 0.25) is 0 Å². The summed E-state index contributed by atoms with van der Waals surface area (Å²) in [6.45, 7) is 5.52. The quantitative estimate of drug-likeness (QED) is 0.756. The molecule has 0 aliphatic carbocycles. The molecule has 0 saturated carbocycles. The number of rotatable bonds is 4. The van der Waals surface area contributed by atoms with E-state index in [9.17, 15) is 9.59 Å². The molecule has 17 heavy (non-hydrogen) atoms. The molecule has 0 spiro atoms. The third kappa shape index (κ3) is 3.17. The predicted molar refractivity (Wildman–Crippen MR) is 66.0 cm³/mol. The summed E-state index contributed by atoms with van der Waals surface area (Å²) < 4.78 is 1.64. The number of carbonyl (C=O) groups is 2. The van der Waals surface area contributed by atoms with E-state index in [1.165, 1.54) is 6.92 Å². The normalized spacial score (nSPS) is 11.4. The molecule has 1 rings (SSSR count). The van der Waals surface area contributed by atoms with Gasteiger partial charge in [0.15, 0.2) is 5.78 Å². The van der Waals surface area contributed by atoms with Gasteiger partial charge in [-0.15, -0.1) is 0 Å². The maximum Gasteiger partial charge on any atom is 0.268 e. The van der Waals surface area contributed by atoms with Gasteiger partial charge in [-0.2, -0.15) is 0 Å². The largest absolute Gasteiger partial charge is 0.346 e. The number of ketones is 1. The van der Waals surface area contributed by atoms with Gasteiger partial charge >= 0.3 is 0 Å². The first kappa shape index (κ1) is 13.4. The zero-order chi connectivity index (χ0) is 13.2. The van der Waals surface area contributed by atoms with Crippen molar-refractivity contribution in [2.75, 3.05) is 6.54 Å². The van der Waals surface area contributed by atoms with Crippen molar-refractivity contribution in [1.82, 2.24) is 9.88 Å². The fourth-order valence-corrected chi connectivity index (χ4v) is 1.41. The third-order valence-corrected chi connectivity index (χ3v) is 2.61. The number of aryl methyl sites for hydroxylation is 1. The van der Waals surface area contributed by atoms with Gasteiger partial charge in [0.1, 0.15) is 5.69 Å². The van der Waals surface area contributed by atoms with Crippen LogP contribution in [0.15, 0.2) is 12.3 Å². The lowest BCUT2D eigenvalue weighted by atomic mass is 10.1. The first-order valence-electron chi connectivity index (χ1n) is 5.47. The van der Waals surface area contributed by atoms with Crippen molar-refractivity contribution in [3.63, 3.8) is 0 Å². The number of nitrogens with zero attached hydrogens (tertiary/aromatic N) is 1. The number of nitrogens with two attached hydrogens (primary N) is 1. The van der Waals surface area contributed by atoms with Crippen LogP contribution in [0.1, 0.15) is 41.6 Å². The van der Waals surface area contributed by atoms with E-state index >= 15 is 0 Å². The van der Waals surface area contributed by atoms with Gasteiger partial charge in [0.05, 0.1) is 0 Å². The molecule has 5 nitrogen and oxygen atoms in total. The number of aromatic nitrogens is 1. The van der Waals surface area contributed by atoms with E-state index in [1.54, 1.807) is 23.9 Å². The van der Waals surface area contributed by atoms with E-state index in [1.807, 2.05) is 13.8 Å². The van der Waals surface area contributed by atoms with E-state index in [-0.39, 0.29) is 11.7 Å². The Morgan fingerprint density at radius 3 is 2.47 bits per heavy atom. The van der Waals surface area contributed by atoms with Crippen LogP contribution in [0, 0.1) is 0 Å². The van der Waals surface area contributed by atoms with E-state index in [2.05, 4.69) is 5.32 Å². The fraction of sp³-hybridized carbons (Fsp3) is 0.500. The Hall–Kier alpha value is -1.62. The van der Waals surface area contributed by atoms with E-state index in [0.717, 1.165) is 0 Å². The Morgan fingerprint density at radius 2 is 2.06 bits per heavy atom. The molecule has 0 unspecified atom stereocenters. The first-order valence-corrected chi connectivity index (χ1v) is 5.47. The number of carbonyl (C=O) groups excluding carboxylic acids is 2. The third-order valence-electron chi connectivity index (χ3n) is 2.61. The van der Waals surface area contributed by atoms with Crippen LogP contribution in [0.5, 0.6) is 0 Å². The summed E-state index contributed by atoms with van der Waals surface area (Å²) in [5.74, 6) is -0.284. The molecule has 0 radical (unpaired) electrons. The number of amides is 1. The van der Waals surface area contributed by atoms with Gasteiger partial charge in [0.25, 0.3) is 5.91 Å². The van der Waals surface area contributed by atoms with Crippen LogP contribution in [-0.2, 0) is 7.05 Å². The summed E-state index contributed by atoms with van der Waals surface area (Å²) in [6.07, 6.45) is 1.65. The Kier molecular flexibility index (Phi) is 3.72. The summed E-state index contributed by atoms with van der Waals surface area (Å²) in [5.41, 5.74) is 6.07. The van der Waals surface area contributed by atoms with Crippen molar-refractivity contribution >= 4 is 11.7 Å². The Labute approximate surface area is 101 Å². The number of hydrogen-bond acceptors (Lipinski definition) is 3. The van der Waals surface area contributed by atoms with Crippen LogP contribution in [0.4, 0.5) is 0 Å². The van der Waals surface area contributed by atoms with E-state index < -0.39 is 5.54 Å². The zero-order valence-corrected chi connectivity index (χ0v) is 10.7. The maximum atomic E-state index is 12.0. The van der Waals surface area contributed by atoms with E-state index in [0.29, 0.717) is 17.8 Å². The van der Waals surface area contributed by atoms with Crippen molar-refractivity contribution < 1.29 is 9.59 Å². The molecule has 0 fully saturated rings. The predicted octanol–water partition coefficient (Wildman–Crippen LogP) is 0.695. The summed E-state index contributed by atoms with van der Waals surface area (Å²) in [7, 11) is 1.73. The second-order valence-electron chi connectivity index (χ2n) is 4.82. The van der Waals surface area contributed by atoms with Gasteiger partial charge < -0.3 is 15.6 Å². The molecular formula is C12H19N3O2. The van der Waals surface area contributed by atoms with Crippen LogP contribution in [-0.4, -0.2) is 28.3 Å². The van der Waals surface area contributed by atoms with Gasteiger partial charge in [-0.1, -0.05) is 0 Å². The number of Topliss-reactive ketones (excluding diaryl/α,β-unsaturated/α-hetero) is 1.